The molecular weight excluding hydrogens is 362 g/mol. The van der Waals surface area contributed by atoms with Gasteiger partial charge in [0.2, 0.25) is 0 Å². The van der Waals surface area contributed by atoms with Gasteiger partial charge in [0, 0.05) is 22.4 Å². The maximum absolute atomic E-state index is 14.3. The van der Waals surface area contributed by atoms with Crippen LogP contribution in [0.4, 0.5) is 4.39 Å². The molecule has 0 spiro atoms. The summed E-state index contributed by atoms with van der Waals surface area (Å²) in [5.74, 6) is 2.28. The first kappa shape index (κ1) is 19.1. The van der Waals surface area contributed by atoms with E-state index in [1.165, 1.54) is 0 Å². The normalized spacial score (nSPS) is 26.2. The number of hydrogen-bond donors (Lipinski definition) is 0. The minimum atomic E-state index is -3.86. The predicted octanol–water partition coefficient (Wildman–Crippen LogP) is 4.83. The van der Waals surface area contributed by atoms with Crippen molar-refractivity contribution in [1.82, 2.24) is 0 Å². The molecule has 0 N–H and O–H groups in total. The second-order valence-corrected chi connectivity index (χ2v) is 9.07. The molecule has 2 atom stereocenters. The fourth-order valence-corrected chi connectivity index (χ4v) is 3.75. The van der Waals surface area contributed by atoms with Gasteiger partial charge < -0.3 is 0 Å². The van der Waals surface area contributed by atoms with Gasteiger partial charge in [0.1, 0.15) is 5.67 Å². The molecule has 0 aromatic carbocycles. The summed E-state index contributed by atoms with van der Waals surface area (Å²) in [6.07, 6.45) is 0.261. The highest BCUT2D eigenvalue weighted by molar-refractivity contribution is 9.12. The summed E-state index contributed by atoms with van der Waals surface area (Å²) in [6, 6.07) is 0. The van der Waals surface area contributed by atoms with Gasteiger partial charge in [-0.3, -0.25) is 13.6 Å². The van der Waals surface area contributed by atoms with Crippen molar-refractivity contribution in [3.05, 3.63) is 0 Å². The largest absolute Gasteiger partial charge is 0.475 e. The highest BCUT2D eigenvalue weighted by Crippen LogP contribution is 2.58. The lowest BCUT2D eigenvalue weighted by Crippen LogP contribution is -2.26. The first-order valence-corrected chi connectivity index (χ1v) is 9.00. The molecule has 0 amide bonds. The van der Waals surface area contributed by atoms with Crippen LogP contribution in [0.5, 0.6) is 0 Å². The molecule has 122 valence electrons. The maximum atomic E-state index is 14.3. The van der Waals surface area contributed by atoms with Gasteiger partial charge in [0.05, 0.1) is 23.7 Å². The van der Waals surface area contributed by atoms with Gasteiger partial charge in [-0.1, -0.05) is 5.92 Å². The fourth-order valence-electron chi connectivity index (χ4n) is 1.61. The number of halogens is 2. The van der Waals surface area contributed by atoms with Crippen LogP contribution in [0.25, 0.3) is 0 Å². The highest BCUT2D eigenvalue weighted by atomic mass is 79.9. The SMILES string of the molecule is CC(C)(C)OP(=O)(OC[C@@]1(F)C[C@@H]1C#CBr)OC(C)(C)C. The lowest BCUT2D eigenvalue weighted by Gasteiger charge is -2.31. The van der Waals surface area contributed by atoms with Crippen molar-refractivity contribution in [2.45, 2.75) is 64.8 Å². The number of alkyl halides is 1. The molecule has 1 saturated carbocycles. The Morgan fingerprint density at radius 3 is 2.10 bits per heavy atom. The monoisotopic (exact) mass is 384 g/mol. The average Bonchev–Trinajstić information content (AvgIpc) is 2.82. The molecule has 0 aliphatic heterocycles. The lowest BCUT2D eigenvalue weighted by molar-refractivity contribution is -0.00582. The van der Waals surface area contributed by atoms with E-state index in [0.717, 1.165) is 0 Å². The van der Waals surface area contributed by atoms with Gasteiger partial charge in [-0.2, -0.15) is 0 Å². The van der Waals surface area contributed by atoms with E-state index in [2.05, 4.69) is 26.7 Å². The second-order valence-electron chi connectivity index (χ2n) is 7.16. The van der Waals surface area contributed by atoms with Crippen LogP contribution in [0.2, 0.25) is 0 Å². The van der Waals surface area contributed by atoms with Crippen LogP contribution >= 0.6 is 23.8 Å². The van der Waals surface area contributed by atoms with Gasteiger partial charge in [-0.15, -0.1) is 0 Å². The van der Waals surface area contributed by atoms with E-state index in [1.54, 1.807) is 41.5 Å². The average molecular weight is 385 g/mol. The van der Waals surface area contributed by atoms with Crippen LogP contribution in [-0.2, 0) is 18.1 Å². The molecule has 0 aromatic heterocycles. The van der Waals surface area contributed by atoms with Crippen LogP contribution < -0.4 is 0 Å². The van der Waals surface area contributed by atoms with Crippen molar-refractivity contribution in [2.75, 3.05) is 6.61 Å². The summed E-state index contributed by atoms with van der Waals surface area (Å²) in [7, 11) is -3.86. The first-order valence-electron chi connectivity index (χ1n) is 6.75. The third-order valence-corrected chi connectivity index (χ3v) is 4.69. The van der Waals surface area contributed by atoms with Gasteiger partial charge in [-0.25, -0.2) is 8.96 Å². The summed E-state index contributed by atoms with van der Waals surface area (Å²) in [6.45, 7) is 10.0. The Labute approximate surface area is 134 Å². The maximum Gasteiger partial charge on any atom is 0.475 e. The molecule has 4 nitrogen and oxygen atoms in total. The van der Waals surface area contributed by atoms with E-state index in [4.69, 9.17) is 13.6 Å². The summed E-state index contributed by atoms with van der Waals surface area (Å²) in [4.78, 5) is 2.49. The van der Waals surface area contributed by atoms with Crippen LogP contribution in [0.15, 0.2) is 0 Å². The molecule has 0 aromatic rings. The minimum Gasteiger partial charge on any atom is -0.283 e. The molecule has 0 bridgehead atoms. The molecule has 0 unspecified atom stereocenters. The van der Waals surface area contributed by atoms with Gasteiger partial charge >= 0.3 is 7.82 Å². The Hall–Kier alpha value is 0.0800. The molecule has 1 aliphatic carbocycles. The zero-order chi connectivity index (χ0) is 16.5. The van der Waals surface area contributed by atoms with Crippen molar-refractivity contribution >= 4 is 23.8 Å². The quantitative estimate of drug-likeness (QED) is 0.503. The van der Waals surface area contributed by atoms with Gasteiger partial charge in [0.15, 0.2) is 0 Å². The first-order chi connectivity index (χ1) is 9.29. The Balaban J connectivity index is 2.74. The Morgan fingerprint density at radius 2 is 1.71 bits per heavy atom. The fraction of sp³-hybridized carbons (Fsp3) is 0.857. The predicted molar refractivity (Wildman–Crippen MR) is 83.9 cm³/mol. The molecule has 7 heteroatoms. The molecular formula is C14H23BrFO4P. The van der Waals surface area contributed by atoms with Crippen molar-refractivity contribution in [1.29, 1.82) is 0 Å². The molecule has 1 rings (SSSR count). The number of phosphoric ester groups is 1. The number of hydrogen-bond acceptors (Lipinski definition) is 4. The summed E-state index contributed by atoms with van der Waals surface area (Å²) in [5, 5.41) is 0. The zero-order valence-corrected chi connectivity index (χ0v) is 15.8. The summed E-state index contributed by atoms with van der Waals surface area (Å²) in [5.41, 5.74) is -3.05. The highest BCUT2D eigenvalue weighted by Gasteiger charge is 2.56. The Bertz CT molecular complexity index is 466. The van der Waals surface area contributed by atoms with E-state index in [0.29, 0.717) is 0 Å². The number of phosphoric acid groups is 1. The molecule has 0 saturated heterocycles. The third kappa shape index (κ3) is 6.80. The minimum absolute atomic E-state index is 0.261. The molecule has 0 heterocycles. The second kappa shape index (κ2) is 6.29. The summed E-state index contributed by atoms with van der Waals surface area (Å²) >= 11 is 2.94. The van der Waals surface area contributed by atoms with Crippen molar-refractivity contribution in [2.24, 2.45) is 5.92 Å². The Morgan fingerprint density at radius 1 is 1.24 bits per heavy atom. The Kier molecular flexibility index (Phi) is 5.73. The molecule has 1 fully saturated rings. The van der Waals surface area contributed by atoms with Crippen molar-refractivity contribution in [3.8, 4) is 10.8 Å². The molecule has 21 heavy (non-hydrogen) atoms. The standard InChI is InChI=1S/C14H23BrFO4P/c1-12(2,3)19-21(17,20-13(4,5)6)18-10-14(16)9-11(14)7-8-15/h11H,9-10H2,1-6H3/t11-,14-/m0/s1. The molecule has 0 radical (unpaired) electrons. The van der Waals surface area contributed by atoms with Crippen molar-refractivity contribution < 1.29 is 22.5 Å². The van der Waals surface area contributed by atoms with Crippen LogP contribution in [0.3, 0.4) is 0 Å². The third-order valence-electron chi connectivity index (χ3n) is 2.47. The smallest absolute Gasteiger partial charge is 0.283 e. The topological polar surface area (TPSA) is 44.8 Å². The zero-order valence-electron chi connectivity index (χ0n) is 13.3. The van der Waals surface area contributed by atoms with E-state index >= 15 is 0 Å². The van der Waals surface area contributed by atoms with Crippen LogP contribution in [-0.4, -0.2) is 23.5 Å². The van der Waals surface area contributed by atoms with Gasteiger partial charge in [0.25, 0.3) is 0 Å². The number of rotatable bonds is 5. The lowest BCUT2D eigenvalue weighted by atomic mass is 10.2. The van der Waals surface area contributed by atoms with E-state index < -0.39 is 30.6 Å². The van der Waals surface area contributed by atoms with Gasteiger partial charge in [-0.05, 0) is 46.4 Å². The van der Waals surface area contributed by atoms with Crippen LogP contribution in [0, 0.1) is 16.7 Å². The van der Waals surface area contributed by atoms with E-state index in [1.807, 2.05) is 0 Å². The molecule has 1 aliphatic rings. The van der Waals surface area contributed by atoms with Crippen LogP contribution in [0.1, 0.15) is 48.0 Å². The summed E-state index contributed by atoms with van der Waals surface area (Å²) < 4.78 is 43.0. The van der Waals surface area contributed by atoms with Crippen molar-refractivity contribution in [3.63, 3.8) is 0 Å². The van der Waals surface area contributed by atoms with E-state index in [9.17, 15) is 8.96 Å². The van der Waals surface area contributed by atoms with E-state index in [-0.39, 0.29) is 13.0 Å².